The molecule has 0 saturated heterocycles. The Kier molecular flexibility index (Phi) is 3.77. The van der Waals surface area contributed by atoms with Crippen LogP contribution in [0.5, 0.6) is 11.5 Å². The van der Waals surface area contributed by atoms with Crippen LogP contribution in [0.15, 0.2) is 53.4 Å². The molecular formula is C13H9FO2S. The van der Waals surface area contributed by atoms with Crippen molar-refractivity contribution in [3.63, 3.8) is 0 Å². The highest BCUT2D eigenvalue weighted by molar-refractivity contribution is 7.94. The number of halogens is 1. The van der Waals surface area contributed by atoms with Gasteiger partial charge in [0, 0.05) is 10.5 Å². The second kappa shape index (κ2) is 5.50. The van der Waals surface area contributed by atoms with Gasteiger partial charge in [0.1, 0.15) is 17.8 Å². The third kappa shape index (κ3) is 3.07. The van der Waals surface area contributed by atoms with Crippen LogP contribution in [0.25, 0.3) is 0 Å². The largest absolute Gasteiger partial charge is 0.457 e. The number of rotatable bonds is 4. The highest BCUT2D eigenvalue weighted by Crippen LogP contribution is 2.25. The van der Waals surface area contributed by atoms with Gasteiger partial charge in [0.25, 0.3) is 0 Å². The fourth-order valence-corrected chi connectivity index (χ4v) is 1.55. The highest BCUT2D eigenvalue weighted by Gasteiger charge is 1.98. The molecule has 0 fully saturated rings. The number of benzene rings is 2. The van der Waals surface area contributed by atoms with Crippen LogP contribution in [0.4, 0.5) is 3.89 Å². The normalized spacial score (nSPS) is 9.94. The first-order valence-corrected chi connectivity index (χ1v) is 5.65. The first-order chi connectivity index (χ1) is 8.31. The zero-order valence-corrected chi connectivity index (χ0v) is 9.62. The minimum absolute atomic E-state index is 0.194. The van der Waals surface area contributed by atoms with Gasteiger partial charge < -0.3 is 4.74 Å². The summed E-state index contributed by atoms with van der Waals surface area (Å²) < 4.78 is 17.7. The molecule has 0 unspecified atom stereocenters. The molecule has 0 N–H and O–H groups in total. The van der Waals surface area contributed by atoms with E-state index in [0.717, 1.165) is 6.29 Å². The molecule has 0 heterocycles. The highest BCUT2D eigenvalue weighted by atomic mass is 32.2. The molecular weight excluding hydrogens is 239 g/mol. The van der Waals surface area contributed by atoms with Crippen molar-refractivity contribution in [1.29, 1.82) is 0 Å². The van der Waals surface area contributed by atoms with Crippen LogP contribution in [-0.2, 0) is 0 Å². The van der Waals surface area contributed by atoms with Gasteiger partial charge in [-0.15, -0.1) is 0 Å². The van der Waals surface area contributed by atoms with Gasteiger partial charge >= 0.3 is 0 Å². The molecule has 0 bridgehead atoms. The molecule has 0 atom stereocenters. The van der Waals surface area contributed by atoms with E-state index < -0.39 is 0 Å². The first-order valence-electron chi connectivity index (χ1n) is 4.93. The maximum absolute atomic E-state index is 12.2. The van der Waals surface area contributed by atoms with E-state index in [1.807, 2.05) is 0 Å². The van der Waals surface area contributed by atoms with Crippen LogP contribution < -0.4 is 4.74 Å². The maximum atomic E-state index is 12.2. The third-order valence-electron chi connectivity index (χ3n) is 2.16. The summed E-state index contributed by atoms with van der Waals surface area (Å²) >= 11 is 0.194. The van der Waals surface area contributed by atoms with E-state index in [1.165, 1.54) is 0 Å². The molecule has 0 saturated carbocycles. The van der Waals surface area contributed by atoms with Crippen LogP contribution in [0, 0.1) is 0 Å². The van der Waals surface area contributed by atoms with Crippen molar-refractivity contribution in [3.05, 3.63) is 54.1 Å². The van der Waals surface area contributed by atoms with Crippen molar-refractivity contribution in [2.75, 3.05) is 0 Å². The van der Waals surface area contributed by atoms with Gasteiger partial charge in [-0.05, 0) is 48.5 Å². The van der Waals surface area contributed by atoms with Gasteiger partial charge in [-0.2, -0.15) is 3.89 Å². The summed E-state index contributed by atoms with van der Waals surface area (Å²) in [7, 11) is 0. The SMILES string of the molecule is O=Cc1ccc(Oc2ccc(SF)cc2)cc1. The van der Waals surface area contributed by atoms with Crippen molar-refractivity contribution in [2.24, 2.45) is 0 Å². The summed E-state index contributed by atoms with van der Waals surface area (Å²) in [6.07, 6.45) is 0.775. The number of carbonyl (C=O) groups is 1. The van der Waals surface area contributed by atoms with Crippen molar-refractivity contribution >= 4 is 18.4 Å². The van der Waals surface area contributed by atoms with E-state index >= 15 is 0 Å². The molecule has 86 valence electrons. The Hall–Kier alpha value is -1.81. The molecule has 17 heavy (non-hydrogen) atoms. The number of ether oxygens (including phenoxy) is 1. The van der Waals surface area contributed by atoms with Crippen molar-refractivity contribution in [1.82, 2.24) is 0 Å². The molecule has 0 aliphatic carbocycles. The summed E-state index contributed by atoms with van der Waals surface area (Å²) in [5.41, 5.74) is 0.599. The molecule has 2 aromatic carbocycles. The molecule has 0 aliphatic rings. The Morgan fingerprint density at radius 2 is 1.47 bits per heavy atom. The van der Waals surface area contributed by atoms with E-state index in [2.05, 4.69) is 0 Å². The monoisotopic (exact) mass is 248 g/mol. The lowest BCUT2D eigenvalue weighted by Crippen LogP contribution is -1.85. The van der Waals surface area contributed by atoms with Crippen LogP contribution in [0.3, 0.4) is 0 Å². The van der Waals surface area contributed by atoms with E-state index in [0.29, 0.717) is 22.0 Å². The van der Waals surface area contributed by atoms with Crippen LogP contribution in [0.2, 0.25) is 0 Å². The predicted molar refractivity (Wildman–Crippen MR) is 65.3 cm³/mol. The lowest BCUT2D eigenvalue weighted by Gasteiger charge is -2.05. The van der Waals surface area contributed by atoms with Crippen LogP contribution in [0.1, 0.15) is 10.4 Å². The number of hydrogen-bond donors (Lipinski definition) is 0. The van der Waals surface area contributed by atoms with Gasteiger partial charge in [0.05, 0.1) is 12.1 Å². The Morgan fingerprint density at radius 1 is 0.941 bits per heavy atom. The lowest BCUT2D eigenvalue weighted by atomic mass is 10.2. The molecule has 2 nitrogen and oxygen atoms in total. The summed E-state index contributed by atoms with van der Waals surface area (Å²) in [5.74, 6) is 1.26. The molecule has 0 amide bonds. The van der Waals surface area contributed by atoms with E-state index in [-0.39, 0.29) is 12.1 Å². The van der Waals surface area contributed by atoms with Gasteiger partial charge in [-0.1, -0.05) is 0 Å². The third-order valence-corrected chi connectivity index (χ3v) is 2.62. The lowest BCUT2D eigenvalue weighted by molar-refractivity contribution is 0.112. The second-order valence-corrected chi connectivity index (χ2v) is 3.96. The number of aldehydes is 1. The Labute approximate surface area is 103 Å². The average molecular weight is 248 g/mol. The van der Waals surface area contributed by atoms with Crippen molar-refractivity contribution in [3.8, 4) is 11.5 Å². The number of carbonyl (C=O) groups excluding carboxylic acids is 1. The van der Waals surface area contributed by atoms with Crippen molar-refractivity contribution < 1.29 is 13.4 Å². The standard InChI is InChI=1S/C13H9FO2S/c14-17-13-7-5-12(6-8-13)16-11-3-1-10(9-15)2-4-11/h1-9H. The minimum atomic E-state index is 0.194. The fraction of sp³-hybridized carbons (Fsp3) is 0. The first kappa shape index (κ1) is 11.7. The molecule has 2 rings (SSSR count). The summed E-state index contributed by atoms with van der Waals surface area (Å²) in [5, 5.41) is 0. The summed E-state index contributed by atoms with van der Waals surface area (Å²) in [6.45, 7) is 0. The molecule has 0 radical (unpaired) electrons. The van der Waals surface area contributed by atoms with E-state index in [4.69, 9.17) is 4.74 Å². The molecule has 0 aliphatic heterocycles. The van der Waals surface area contributed by atoms with Gasteiger partial charge in [0.2, 0.25) is 0 Å². The predicted octanol–water partition coefficient (Wildman–Crippen LogP) is 4.27. The van der Waals surface area contributed by atoms with Gasteiger partial charge in [0.15, 0.2) is 0 Å². The molecule has 2 aromatic rings. The van der Waals surface area contributed by atoms with Crippen LogP contribution in [-0.4, -0.2) is 6.29 Å². The topological polar surface area (TPSA) is 26.3 Å². The summed E-state index contributed by atoms with van der Waals surface area (Å²) in [4.78, 5) is 11.0. The minimum Gasteiger partial charge on any atom is -0.457 e. The zero-order valence-electron chi connectivity index (χ0n) is 8.80. The molecule has 4 heteroatoms. The van der Waals surface area contributed by atoms with Crippen LogP contribution >= 0.6 is 12.1 Å². The maximum Gasteiger partial charge on any atom is 0.150 e. The zero-order chi connectivity index (χ0) is 12.1. The fourth-order valence-electron chi connectivity index (χ4n) is 1.31. The molecule has 0 aromatic heterocycles. The smallest absolute Gasteiger partial charge is 0.150 e. The quantitative estimate of drug-likeness (QED) is 0.756. The second-order valence-electron chi connectivity index (χ2n) is 3.34. The van der Waals surface area contributed by atoms with E-state index in [9.17, 15) is 8.68 Å². The van der Waals surface area contributed by atoms with Gasteiger partial charge in [-0.25, -0.2) is 0 Å². The Morgan fingerprint density at radius 3 is 1.94 bits per heavy atom. The van der Waals surface area contributed by atoms with E-state index in [1.54, 1.807) is 48.5 Å². The molecule has 0 spiro atoms. The summed E-state index contributed by atoms with van der Waals surface area (Å²) in [6, 6.07) is 13.4. The van der Waals surface area contributed by atoms with Crippen molar-refractivity contribution in [2.45, 2.75) is 4.90 Å². The Balaban J connectivity index is 2.10. The number of hydrogen-bond acceptors (Lipinski definition) is 3. The average Bonchev–Trinajstić information content (AvgIpc) is 2.40. The van der Waals surface area contributed by atoms with Gasteiger partial charge in [-0.3, -0.25) is 4.79 Å². The Bertz CT molecular complexity index is 494.